The molecule has 0 fully saturated rings. The fourth-order valence-electron chi connectivity index (χ4n) is 1.65. The molecule has 2 nitrogen and oxygen atoms in total. The molecule has 5 heteroatoms. The van der Waals surface area contributed by atoms with Crippen molar-refractivity contribution in [3.63, 3.8) is 0 Å². The first-order valence-electron chi connectivity index (χ1n) is 5.37. The Morgan fingerprint density at radius 1 is 1.06 bits per heavy atom. The summed E-state index contributed by atoms with van der Waals surface area (Å²) in [7, 11) is 0. The average Bonchev–Trinajstić information content (AvgIpc) is 2.34. The lowest BCUT2D eigenvalue weighted by molar-refractivity contribution is 0.568. The van der Waals surface area contributed by atoms with Gasteiger partial charge in [-0.15, -0.1) is 0 Å². The second kappa shape index (κ2) is 5.18. The van der Waals surface area contributed by atoms with Gasteiger partial charge in [0.25, 0.3) is 0 Å². The van der Waals surface area contributed by atoms with E-state index in [1.165, 1.54) is 12.1 Å². The molecule has 0 saturated heterocycles. The Kier molecular flexibility index (Phi) is 3.62. The van der Waals surface area contributed by atoms with Crippen LogP contribution in [0.3, 0.4) is 0 Å². The molecule has 1 aromatic carbocycles. The summed E-state index contributed by atoms with van der Waals surface area (Å²) < 4.78 is 39.1. The summed E-state index contributed by atoms with van der Waals surface area (Å²) in [6, 6.07) is 5.23. The Morgan fingerprint density at radius 3 is 2.44 bits per heavy atom. The van der Waals surface area contributed by atoms with Gasteiger partial charge in [-0.3, -0.25) is 4.98 Å². The third-order valence-electron chi connectivity index (χ3n) is 2.58. The Labute approximate surface area is 102 Å². The maximum Gasteiger partial charge on any atom is 0.141 e. The van der Waals surface area contributed by atoms with Gasteiger partial charge in [0.15, 0.2) is 0 Å². The highest BCUT2D eigenvalue weighted by atomic mass is 19.1. The van der Waals surface area contributed by atoms with Crippen molar-refractivity contribution in [3.05, 3.63) is 65.2 Å². The summed E-state index contributed by atoms with van der Waals surface area (Å²) in [6.45, 7) is 0. The topological polar surface area (TPSA) is 38.9 Å². The lowest BCUT2D eigenvalue weighted by Gasteiger charge is -2.11. The minimum absolute atomic E-state index is 0.0994. The molecule has 0 aliphatic heterocycles. The summed E-state index contributed by atoms with van der Waals surface area (Å²) in [5.41, 5.74) is 6.43. The predicted molar refractivity (Wildman–Crippen MR) is 61.2 cm³/mol. The summed E-state index contributed by atoms with van der Waals surface area (Å²) in [4.78, 5) is 3.81. The lowest BCUT2D eigenvalue weighted by atomic mass is 10.0. The molecule has 94 valence electrons. The van der Waals surface area contributed by atoms with E-state index in [0.29, 0.717) is 5.69 Å². The van der Waals surface area contributed by atoms with Crippen LogP contribution < -0.4 is 5.73 Å². The summed E-state index contributed by atoms with van der Waals surface area (Å²) in [5, 5.41) is 0. The van der Waals surface area contributed by atoms with Gasteiger partial charge >= 0.3 is 0 Å². The van der Waals surface area contributed by atoms with E-state index < -0.39 is 23.5 Å². The molecule has 1 atom stereocenters. The van der Waals surface area contributed by atoms with Crippen molar-refractivity contribution in [1.29, 1.82) is 0 Å². The Bertz CT molecular complexity index is 540. The number of aromatic nitrogens is 1. The van der Waals surface area contributed by atoms with Crippen molar-refractivity contribution in [2.45, 2.75) is 12.5 Å². The molecule has 2 N–H and O–H groups in total. The van der Waals surface area contributed by atoms with Crippen LogP contribution >= 0.6 is 0 Å². The number of hydrogen-bond acceptors (Lipinski definition) is 2. The van der Waals surface area contributed by atoms with E-state index in [0.717, 1.165) is 24.4 Å². The van der Waals surface area contributed by atoms with Crippen molar-refractivity contribution >= 4 is 0 Å². The number of pyridine rings is 1. The van der Waals surface area contributed by atoms with E-state index in [2.05, 4.69) is 4.98 Å². The molecule has 18 heavy (non-hydrogen) atoms. The molecule has 1 heterocycles. The quantitative estimate of drug-likeness (QED) is 0.912. The zero-order valence-corrected chi connectivity index (χ0v) is 9.41. The second-order valence-electron chi connectivity index (χ2n) is 3.95. The highest BCUT2D eigenvalue weighted by Crippen LogP contribution is 2.17. The Balaban J connectivity index is 2.18. The summed E-state index contributed by atoms with van der Waals surface area (Å²) in [6.07, 6.45) is 1.14. The average molecular weight is 252 g/mol. The predicted octanol–water partition coefficient (Wildman–Crippen LogP) is 2.74. The number of nitrogens with two attached hydrogens (primary N) is 1. The molecule has 0 spiro atoms. The molecule has 0 aliphatic carbocycles. The van der Waals surface area contributed by atoms with Crippen LogP contribution in [-0.4, -0.2) is 4.98 Å². The number of nitrogens with zero attached hydrogens (tertiary/aromatic N) is 1. The van der Waals surface area contributed by atoms with Gasteiger partial charge in [-0.2, -0.15) is 0 Å². The van der Waals surface area contributed by atoms with E-state index in [9.17, 15) is 13.2 Å². The van der Waals surface area contributed by atoms with Crippen molar-refractivity contribution < 1.29 is 13.2 Å². The van der Waals surface area contributed by atoms with Crippen molar-refractivity contribution in [1.82, 2.24) is 4.98 Å². The van der Waals surface area contributed by atoms with Crippen LogP contribution in [0.1, 0.15) is 17.3 Å². The van der Waals surface area contributed by atoms with Gasteiger partial charge in [-0.25, -0.2) is 13.2 Å². The van der Waals surface area contributed by atoms with Crippen LogP contribution in [-0.2, 0) is 6.42 Å². The maximum atomic E-state index is 13.4. The summed E-state index contributed by atoms with van der Waals surface area (Å²) >= 11 is 0. The van der Waals surface area contributed by atoms with Gasteiger partial charge in [-0.1, -0.05) is 0 Å². The Hall–Kier alpha value is -1.88. The minimum atomic E-state index is -0.609. The van der Waals surface area contributed by atoms with Crippen LogP contribution in [0.5, 0.6) is 0 Å². The molecule has 2 aromatic rings. The first-order valence-corrected chi connectivity index (χ1v) is 5.37. The molecular formula is C13H11F3N2. The van der Waals surface area contributed by atoms with E-state index in [4.69, 9.17) is 5.73 Å². The van der Waals surface area contributed by atoms with Crippen LogP contribution in [0.4, 0.5) is 13.2 Å². The van der Waals surface area contributed by atoms with Crippen LogP contribution in [0.25, 0.3) is 0 Å². The van der Waals surface area contributed by atoms with Crippen molar-refractivity contribution in [2.75, 3.05) is 0 Å². The smallest absolute Gasteiger partial charge is 0.141 e. The highest BCUT2D eigenvalue weighted by Gasteiger charge is 2.12. The maximum absolute atomic E-state index is 13.4. The largest absolute Gasteiger partial charge is 0.322 e. The molecule has 0 aliphatic rings. The highest BCUT2D eigenvalue weighted by molar-refractivity contribution is 5.22. The molecule has 0 saturated carbocycles. The first kappa shape index (κ1) is 12.6. The number of halogens is 3. The lowest BCUT2D eigenvalue weighted by Crippen LogP contribution is -2.15. The molecule has 1 aromatic heterocycles. The van der Waals surface area contributed by atoms with Crippen LogP contribution in [0.2, 0.25) is 0 Å². The van der Waals surface area contributed by atoms with Gasteiger partial charge in [0.2, 0.25) is 0 Å². The summed E-state index contributed by atoms with van der Waals surface area (Å²) in [5.74, 6) is -1.51. The normalized spacial score (nSPS) is 12.4. The SMILES string of the molecule is NC(Cc1cc(F)ccc1F)c1ccc(F)cn1. The zero-order chi connectivity index (χ0) is 13.1. The first-order chi connectivity index (χ1) is 8.56. The van der Waals surface area contributed by atoms with Gasteiger partial charge in [0.05, 0.1) is 17.9 Å². The van der Waals surface area contributed by atoms with Crippen molar-refractivity contribution in [3.8, 4) is 0 Å². The molecular weight excluding hydrogens is 241 g/mol. The minimum Gasteiger partial charge on any atom is -0.322 e. The van der Waals surface area contributed by atoms with Crippen molar-refractivity contribution in [2.24, 2.45) is 5.73 Å². The standard InChI is InChI=1S/C13H11F3N2/c14-9-1-3-11(16)8(5-9)6-12(17)13-4-2-10(15)7-18-13/h1-5,7,12H,6,17H2. The Morgan fingerprint density at radius 2 is 1.78 bits per heavy atom. The zero-order valence-electron chi connectivity index (χ0n) is 9.41. The molecule has 2 rings (SSSR count). The third-order valence-corrected chi connectivity index (χ3v) is 2.58. The van der Waals surface area contributed by atoms with Gasteiger partial charge in [0, 0.05) is 0 Å². The fourth-order valence-corrected chi connectivity index (χ4v) is 1.65. The van der Waals surface area contributed by atoms with E-state index in [1.54, 1.807) is 0 Å². The van der Waals surface area contributed by atoms with Gasteiger partial charge < -0.3 is 5.73 Å². The molecule has 0 radical (unpaired) electrons. The van der Waals surface area contributed by atoms with Gasteiger partial charge in [0.1, 0.15) is 17.5 Å². The number of benzene rings is 1. The van der Waals surface area contributed by atoms with Crippen LogP contribution in [0, 0.1) is 17.5 Å². The van der Waals surface area contributed by atoms with Crippen LogP contribution in [0.15, 0.2) is 36.5 Å². The van der Waals surface area contributed by atoms with E-state index >= 15 is 0 Å². The van der Waals surface area contributed by atoms with Gasteiger partial charge in [-0.05, 0) is 42.3 Å². The third kappa shape index (κ3) is 2.87. The molecule has 0 bridgehead atoms. The monoisotopic (exact) mass is 252 g/mol. The van der Waals surface area contributed by atoms with E-state index in [1.807, 2.05) is 0 Å². The second-order valence-corrected chi connectivity index (χ2v) is 3.95. The number of hydrogen-bond donors (Lipinski definition) is 1. The fraction of sp³-hybridized carbons (Fsp3) is 0.154. The molecule has 0 amide bonds. The molecule has 1 unspecified atom stereocenters. The number of rotatable bonds is 3. The van der Waals surface area contributed by atoms with E-state index in [-0.39, 0.29) is 12.0 Å².